The average molecular weight is 299 g/mol. The second-order valence-electron chi connectivity index (χ2n) is 4.84. The molecule has 4 nitrogen and oxygen atoms in total. The van der Waals surface area contributed by atoms with Crippen molar-refractivity contribution < 1.29 is 4.74 Å². The van der Waals surface area contributed by atoms with Crippen molar-refractivity contribution >= 4 is 28.5 Å². The summed E-state index contributed by atoms with van der Waals surface area (Å²) in [7, 11) is 0. The van der Waals surface area contributed by atoms with Gasteiger partial charge in [0.2, 0.25) is 0 Å². The molecule has 3 rings (SSSR count). The van der Waals surface area contributed by atoms with Gasteiger partial charge >= 0.3 is 0 Å². The molecule has 0 atom stereocenters. The zero-order chi connectivity index (χ0) is 14.8. The molecule has 3 N–H and O–H groups in total. The number of hydrogen-bond acceptors (Lipinski definition) is 4. The van der Waals surface area contributed by atoms with E-state index in [0.717, 1.165) is 38.1 Å². The smallest absolute Gasteiger partial charge is 0.171 e. The lowest BCUT2D eigenvalue weighted by Gasteiger charge is -2.02. The number of rotatable bonds is 4. The van der Waals surface area contributed by atoms with E-state index in [4.69, 9.17) is 10.5 Å². The van der Waals surface area contributed by atoms with Gasteiger partial charge < -0.3 is 15.5 Å². The van der Waals surface area contributed by atoms with Gasteiger partial charge in [0, 0.05) is 16.6 Å². The molecule has 1 aromatic heterocycles. The number of imidazole rings is 1. The second-order valence-corrected chi connectivity index (χ2v) is 5.90. The summed E-state index contributed by atoms with van der Waals surface area (Å²) in [5.74, 6) is 0.852. The number of fused-ring (bicyclic) bond motifs is 1. The molecule has 0 saturated carbocycles. The van der Waals surface area contributed by atoms with E-state index in [1.165, 1.54) is 0 Å². The van der Waals surface area contributed by atoms with Crippen molar-refractivity contribution in [1.29, 1.82) is 0 Å². The number of nitrogens with one attached hydrogen (secondary N) is 1. The minimum atomic E-state index is 0.657. The number of nitrogens with two attached hydrogens (primary N) is 1. The van der Waals surface area contributed by atoms with Gasteiger partial charge in [-0.25, -0.2) is 4.98 Å². The first-order chi connectivity index (χ1) is 10.1. The van der Waals surface area contributed by atoms with E-state index in [0.29, 0.717) is 6.61 Å². The van der Waals surface area contributed by atoms with E-state index in [2.05, 4.69) is 16.0 Å². The van der Waals surface area contributed by atoms with Crippen molar-refractivity contribution in [3.8, 4) is 5.75 Å². The summed E-state index contributed by atoms with van der Waals surface area (Å²) in [6, 6.07) is 11.9. The van der Waals surface area contributed by atoms with Gasteiger partial charge in [0.15, 0.2) is 5.16 Å². The number of hydrogen-bond donors (Lipinski definition) is 2. The van der Waals surface area contributed by atoms with Crippen molar-refractivity contribution in [1.82, 2.24) is 9.97 Å². The van der Waals surface area contributed by atoms with Crippen LogP contribution < -0.4 is 10.5 Å². The highest BCUT2D eigenvalue weighted by Gasteiger charge is 2.07. The Morgan fingerprint density at radius 2 is 2.10 bits per heavy atom. The van der Waals surface area contributed by atoms with Gasteiger partial charge in [0.05, 0.1) is 17.6 Å². The fourth-order valence-corrected chi connectivity index (χ4v) is 3.19. The largest absolute Gasteiger partial charge is 0.494 e. The van der Waals surface area contributed by atoms with Gasteiger partial charge in [-0.3, -0.25) is 0 Å². The van der Waals surface area contributed by atoms with Crippen LogP contribution in [0.4, 0.5) is 5.69 Å². The summed E-state index contributed by atoms with van der Waals surface area (Å²) >= 11 is 1.57. The Morgan fingerprint density at radius 3 is 2.86 bits per heavy atom. The topological polar surface area (TPSA) is 63.9 Å². The van der Waals surface area contributed by atoms with Crippen LogP contribution >= 0.6 is 11.8 Å². The predicted molar refractivity (Wildman–Crippen MR) is 87.0 cm³/mol. The first kappa shape index (κ1) is 13.8. The Balaban J connectivity index is 1.90. The predicted octanol–water partition coefficient (Wildman–Crippen LogP) is 4.00. The number of anilines is 1. The molecule has 0 aliphatic carbocycles. The lowest BCUT2D eigenvalue weighted by molar-refractivity contribution is 0.340. The Labute approximate surface area is 127 Å². The van der Waals surface area contributed by atoms with Gasteiger partial charge in [0.25, 0.3) is 0 Å². The monoisotopic (exact) mass is 299 g/mol. The Bertz CT molecular complexity index is 762. The highest BCUT2D eigenvalue weighted by atomic mass is 32.2. The Kier molecular flexibility index (Phi) is 3.75. The molecule has 0 unspecified atom stereocenters. The van der Waals surface area contributed by atoms with E-state index < -0.39 is 0 Å². The van der Waals surface area contributed by atoms with Crippen LogP contribution in [-0.4, -0.2) is 16.6 Å². The van der Waals surface area contributed by atoms with Gasteiger partial charge in [0.1, 0.15) is 5.75 Å². The third-order valence-electron chi connectivity index (χ3n) is 3.03. The summed E-state index contributed by atoms with van der Waals surface area (Å²) in [6.07, 6.45) is 0. The minimum absolute atomic E-state index is 0.657. The summed E-state index contributed by atoms with van der Waals surface area (Å²) in [6.45, 7) is 4.66. The summed E-state index contributed by atoms with van der Waals surface area (Å²) in [5, 5.41) is 0.851. The maximum absolute atomic E-state index is 5.88. The Hall–Kier alpha value is -2.14. The van der Waals surface area contributed by atoms with Crippen molar-refractivity contribution in [2.45, 2.75) is 23.9 Å². The fraction of sp³-hybridized carbons (Fsp3) is 0.188. The lowest BCUT2D eigenvalue weighted by atomic mass is 10.2. The molecule has 108 valence electrons. The van der Waals surface area contributed by atoms with Gasteiger partial charge in [-0.15, -0.1) is 0 Å². The third kappa shape index (κ3) is 3.13. The first-order valence-corrected chi connectivity index (χ1v) is 7.63. The number of H-pyrrole nitrogens is 1. The highest BCUT2D eigenvalue weighted by molar-refractivity contribution is 7.99. The van der Waals surface area contributed by atoms with Gasteiger partial charge in [-0.05, 0) is 49.7 Å². The van der Waals surface area contributed by atoms with Gasteiger partial charge in [-0.2, -0.15) is 0 Å². The maximum Gasteiger partial charge on any atom is 0.171 e. The van der Waals surface area contributed by atoms with E-state index in [9.17, 15) is 0 Å². The summed E-state index contributed by atoms with van der Waals surface area (Å²) < 4.78 is 5.50. The normalized spacial score (nSPS) is 11.0. The minimum Gasteiger partial charge on any atom is -0.494 e. The SMILES string of the molecule is CCOc1ccc2nc(Sc3cc(C)cc(N)c3)[nH]c2c1. The van der Waals surface area contributed by atoms with Crippen molar-refractivity contribution in [3.05, 3.63) is 42.0 Å². The van der Waals surface area contributed by atoms with Crippen LogP contribution in [-0.2, 0) is 0 Å². The molecule has 0 aliphatic rings. The Morgan fingerprint density at radius 1 is 1.24 bits per heavy atom. The number of nitrogens with zero attached hydrogens (tertiary/aromatic N) is 1. The van der Waals surface area contributed by atoms with Crippen LogP contribution in [0.5, 0.6) is 5.75 Å². The molecule has 1 heterocycles. The molecule has 5 heteroatoms. The molecule has 0 aliphatic heterocycles. The molecule has 0 saturated heterocycles. The van der Waals surface area contributed by atoms with Crippen molar-refractivity contribution in [2.75, 3.05) is 12.3 Å². The van der Waals surface area contributed by atoms with E-state index in [1.54, 1.807) is 11.8 Å². The van der Waals surface area contributed by atoms with E-state index >= 15 is 0 Å². The summed E-state index contributed by atoms with van der Waals surface area (Å²) in [4.78, 5) is 8.97. The number of aromatic amines is 1. The molecule has 0 bridgehead atoms. The van der Waals surface area contributed by atoms with E-state index in [1.807, 2.05) is 44.2 Å². The number of benzene rings is 2. The van der Waals surface area contributed by atoms with Crippen LogP contribution in [0.25, 0.3) is 11.0 Å². The van der Waals surface area contributed by atoms with Crippen LogP contribution in [0.15, 0.2) is 46.5 Å². The molecule has 0 amide bonds. The number of aromatic nitrogens is 2. The maximum atomic E-state index is 5.88. The van der Waals surface area contributed by atoms with Crippen molar-refractivity contribution in [3.63, 3.8) is 0 Å². The lowest BCUT2D eigenvalue weighted by Crippen LogP contribution is -1.90. The third-order valence-corrected chi connectivity index (χ3v) is 3.89. The first-order valence-electron chi connectivity index (χ1n) is 6.81. The quantitative estimate of drug-likeness (QED) is 0.715. The summed E-state index contributed by atoms with van der Waals surface area (Å²) in [5.41, 5.74) is 9.71. The number of ether oxygens (including phenoxy) is 1. The van der Waals surface area contributed by atoms with Crippen LogP contribution in [0.2, 0.25) is 0 Å². The fourth-order valence-electron chi connectivity index (χ4n) is 2.22. The highest BCUT2D eigenvalue weighted by Crippen LogP contribution is 2.30. The second kappa shape index (κ2) is 5.69. The molecule has 0 fully saturated rings. The molecular formula is C16H17N3OS. The average Bonchev–Trinajstić information content (AvgIpc) is 2.79. The number of nitrogen functional groups attached to an aromatic ring is 1. The van der Waals surface area contributed by atoms with Gasteiger partial charge in [-0.1, -0.05) is 11.8 Å². The van der Waals surface area contributed by atoms with Crippen molar-refractivity contribution in [2.24, 2.45) is 0 Å². The standard InChI is InChI=1S/C16H17N3OS/c1-3-20-12-4-5-14-15(9-12)19-16(18-14)21-13-7-10(2)6-11(17)8-13/h4-9H,3,17H2,1-2H3,(H,18,19). The molecule has 0 radical (unpaired) electrons. The zero-order valence-electron chi connectivity index (χ0n) is 12.0. The molecule has 2 aromatic carbocycles. The number of aryl methyl sites for hydroxylation is 1. The molecule has 0 spiro atoms. The molecular weight excluding hydrogens is 282 g/mol. The van der Waals surface area contributed by atoms with Crippen LogP contribution in [0, 0.1) is 6.92 Å². The molecule has 3 aromatic rings. The van der Waals surface area contributed by atoms with Crippen LogP contribution in [0.3, 0.4) is 0 Å². The molecule has 21 heavy (non-hydrogen) atoms. The van der Waals surface area contributed by atoms with Crippen LogP contribution in [0.1, 0.15) is 12.5 Å². The zero-order valence-corrected chi connectivity index (χ0v) is 12.8. The van der Waals surface area contributed by atoms with E-state index in [-0.39, 0.29) is 0 Å².